The molecule has 4 aromatic rings. The number of allylic oxidation sites excluding steroid dienone is 1. The summed E-state index contributed by atoms with van der Waals surface area (Å²) in [4.78, 5) is 18.0. The Labute approximate surface area is 172 Å². The number of nitrogens with zero attached hydrogens (tertiary/aromatic N) is 2. The number of aromatic nitrogens is 1. The Morgan fingerprint density at radius 1 is 1.10 bits per heavy atom. The lowest BCUT2D eigenvalue weighted by molar-refractivity contribution is 0.0997. The number of hydrogen-bond acceptors (Lipinski definition) is 4. The molecule has 0 saturated heterocycles. The van der Waals surface area contributed by atoms with Crippen LogP contribution in [0.15, 0.2) is 72.2 Å². The maximum Gasteiger partial charge on any atom is 0.279 e. The molecule has 5 nitrogen and oxygen atoms in total. The molecule has 0 aliphatic rings. The highest BCUT2D eigenvalue weighted by Crippen LogP contribution is 2.28. The molecule has 1 aromatic heterocycles. The van der Waals surface area contributed by atoms with E-state index in [2.05, 4.69) is 35.8 Å². The Morgan fingerprint density at radius 3 is 2.52 bits per heavy atom. The number of hydrogen-bond donors (Lipinski definition) is 0. The summed E-state index contributed by atoms with van der Waals surface area (Å²) in [6.45, 7) is 4.41. The summed E-state index contributed by atoms with van der Waals surface area (Å²) in [5, 5.41) is 2.30. The highest BCUT2D eigenvalue weighted by Gasteiger charge is 2.13. The highest BCUT2D eigenvalue weighted by atomic mass is 32.1. The van der Waals surface area contributed by atoms with Gasteiger partial charge in [-0.05, 0) is 23.6 Å². The van der Waals surface area contributed by atoms with Crippen LogP contribution in [0.25, 0.3) is 21.0 Å². The van der Waals surface area contributed by atoms with Gasteiger partial charge in [-0.15, -0.1) is 6.58 Å². The highest BCUT2D eigenvalue weighted by molar-refractivity contribution is 7.17. The summed E-state index contributed by atoms with van der Waals surface area (Å²) >= 11 is 1.50. The number of carbonyl (C=O) groups excluding carboxylic acids is 1. The Bertz CT molecular complexity index is 1280. The minimum Gasteiger partial charge on any atom is -0.497 e. The van der Waals surface area contributed by atoms with Crippen LogP contribution < -0.4 is 14.3 Å². The fraction of sp³-hybridized carbons (Fsp3) is 0.130. The summed E-state index contributed by atoms with van der Waals surface area (Å²) in [5.41, 5.74) is 1.44. The molecule has 0 N–H and O–H groups in total. The zero-order valence-electron chi connectivity index (χ0n) is 16.2. The van der Waals surface area contributed by atoms with Gasteiger partial charge in [-0.1, -0.05) is 47.7 Å². The molecule has 3 aromatic carbocycles. The summed E-state index contributed by atoms with van der Waals surface area (Å²) in [7, 11) is 3.10. The van der Waals surface area contributed by atoms with E-state index >= 15 is 0 Å². The second kappa shape index (κ2) is 7.93. The average Bonchev–Trinajstić information content (AvgIpc) is 3.11. The van der Waals surface area contributed by atoms with Gasteiger partial charge in [0.1, 0.15) is 11.5 Å². The topological polar surface area (TPSA) is 52.8 Å². The van der Waals surface area contributed by atoms with Crippen LogP contribution in [0.5, 0.6) is 11.5 Å². The molecule has 0 spiro atoms. The third-order valence-corrected chi connectivity index (χ3v) is 5.81. The van der Waals surface area contributed by atoms with Crippen molar-refractivity contribution in [3.05, 3.63) is 77.6 Å². The average molecular weight is 404 g/mol. The van der Waals surface area contributed by atoms with Gasteiger partial charge in [-0.3, -0.25) is 4.79 Å². The number of thiazole rings is 1. The van der Waals surface area contributed by atoms with E-state index < -0.39 is 0 Å². The zero-order valence-corrected chi connectivity index (χ0v) is 17.0. The first-order valence-electron chi connectivity index (χ1n) is 9.08. The molecule has 0 atom stereocenters. The van der Waals surface area contributed by atoms with Crippen LogP contribution in [0.1, 0.15) is 10.4 Å². The minimum atomic E-state index is -0.351. The second-order valence-corrected chi connectivity index (χ2v) is 7.41. The van der Waals surface area contributed by atoms with Crippen molar-refractivity contribution in [3.8, 4) is 11.5 Å². The molecule has 0 aliphatic heterocycles. The van der Waals surface area contributed by atoms with Crippen molar-refractivity contribution >= 4 is 38.2 Å². The lowest BCUT2D eigenvalue weighted by Crippen LogP contribution is -2.16. The van der Waals surface area contributed by atoms with E-state index in [1.165, 1.54) is 11.3 Å². The van der Waals surface area contributed by atoms with Crippen LogP contribution in [0.3, 0.4) is 0 Å². The second-order valence-electron chi connectivity index (χ2n) is 6.44. The quantitative estimate of drug-likeness (QED) is 0.449. The lowest BCUT2D eigenvalue weighted by atomic mass is 10.1. The van der Waals surface area contributed by atoms with Crippen LogP contribution in [-0.2, 0) is 6.54 Å². The van der Waals surface area contributed by atoms with Crippen molar-refractivity contribution < 1.29 is 14.3 Å². The molecule has 29 heavy (non-hydrogen) atoms. The van der Waals surface area contributed by atoms with Crippen molar-refractivity contribution in [2.24, 2.45) is 4.99 Å². The van der Waals surface area contributed by atoms with Crippen molar-refractivity contribution in [2.45, 2.75) is 6.54 Å². The Balaban J connectivity index is 1.91. The number of fused-ring (bicyclic) bond motifs is 3. The van der Waals surface area contributed by atoms with Crippen LogP contribution in [0.4, 0.5) is 0 Å². The van der Waals surface area contributed by atoms with E-state index in [9.17, 15) is 4.79 Å². The lowest BCUT2D eigenvalue weighted by Gasteiger charge is -2.06. The molecule has 0 saturated carbocycles. The van der Waals surface area contributed by atoms with Crippen LogP contribution in [0.2, 0.25) is 0 Å². The van der Waals surface area contributed by atoms with E-state index in [0.29, 0.717) is 28.4 Å². The number of rotatable bonds is 5. The molecule has 1 amide bonds. The minimum absolute atomic E-state index is 0.351. The summed E-state index contributed by atoms with van der Waals surface area (Å²) < 4.78 is 13.6. The van der Waals surface area contributed by atoms with Crippen LogP contribution in [-0.4, -0.2) is 24.7 Å². The Hall–Kier alpha value is -3.38. The molecule has 0 unspecified atom stereocenters. The Morgan fingerprint density at radius 2 is 1.83 bits per heavy atom. The monoisotopic (exact) mass is 404 g/mol. The maximum absolute atomic E-state index is 12.9. The molecule has 0 radical (unpaired) electrons. The zero-order chi connectivity index (χ0) is 20.4. The number of benzene rings is 3. The third-order valence-electron chi connectivity index (χ3n) is 4.68. The van der Waals surface area contributed by atoms with Crippen molar-refractivity contribution in [3.63, 3.8) is 0 Å². The van der Waals surface area contributed by atoms with E-state index in [1.54, 1.807) is 38.5 Å². The standard InChI is InChI=1S/C23H20N2O3S/c1-4-11-25-20-10-9-15-7-5-6-8-19(15)21(20)29-23(25)24-22(26)16-12-17(27-2)14-18(13-16)28-3/h4-10,12-14H,1,11H2,2-3H3. The molecule has 1 heterocycles. The summed E-state index contributed by atoms with van der Waals surface area (Å²) in [5.74, 6) is 0.740. The summed E-state index contributed by atoms with van der Waals surface area (Å²) in [6.07, 6.45) is 1.80. The summed E-state index contributed by atoms with van der Waals surface area (Å²) in [6, 6.07) is 17.4. The molecule has 6 heteroatoms. The van der Waals surface area contributed by atoms with Gasteiger partial charge in [-0.25, -0.2) is 0 Å². The van der Waals surface area contributed by atoms with Crippen molar-refractivity contribution in [1.82, 2.24) is 4.57 Å². The predicted octanol–water partition coefficient (Wildman–Crippen LogP) is 4.80. The maximum atomic E-state index is 12.9. The van der Waals surface area contributed by atoms with Gasteiger partial charge >= 0.3 is 0 Å². The van der Waals surface area contributed by atoms with Crippen LogP contribution in [0, 0.1) is 0 Å². The smallest absolute Gasteiger partial charge is 0.279 e. The van der Waals surface area contributed by atoms with Crippen LogP contribution >= 0.6 is 11.3 Å². The van der Waals surface area contributed by atoms with E-state index in [4.69, 9.17) is 9.47 Å². The van der Waals surface area contributed by atoms with Gasteiger partial charge in [-0.2, -0.15) is 4.99 Å². The first kappa shape index (κ1) is 19.0. The number of ether oxygens (including phenoxy) is 2. The predicted molar refractivity (Wildman–Crippen MR) is 117 cm³/mol. The van der Waals surface area contributed by atoms with Gasteiger partial charge in [0.25, 0.3) is 5.91 Å². The molecular formula is C23H20N2O3S. The van der Waals surface area contributed by atoms with Gasteiger partial charge in [0.15, 0.2) is 4.80 Å². The molecular weight excluding hydrogens is 384 g/mol. The van der Waals surface area contributed by atoms with Gasteiger partial charge in [0.05, 0.1) is 24.4 Å². The molecule has 0 fully saturated rings. The number of amides is 1. The SMILES string of the molecule is C=CCn1c(=NC(=O)c2cc(OC)cc(OC)c2)sc2c3ccccc3ccc21. The molecule has 4 rings (SSSR count). The largest absolute Gasteiger partial charge is 0.497 e. The molecule has 0 bridgehead atoms. The van der Waals surface area contributed by atoms with Gasteiger partial charge < -0.3 is 14.0 Å². The fourth-order valence-electron chi connectivity index (χ4n) is 3.27. The molecule has 146 valence electrons. The Kier molecular flexibility index (Phi) is 5.18. The third kappa shape index (κ3) is 3.54. The normalized spacial score (nSPS) is 11.7. The number of methoxy groups -OCH3 is 2. The fourth-order valence-corrected chi connectivity index (χ4v) is 4.44. The molecule has 0 aliphatic carbocycles. The first-order chi connectivity index (χ1) is 14.1. The van der Waals surface area contributed by atoms with E-state index in [-0.39, 0.29) is 5.91 Å². The van der Waals surface area contributed by atoms with E-state index in [1.807, 2.05) is 16.7 Å². The number of carbonyl (C=O) groups is 1. The van der Waals surface area contributed by atoms with Gasteiger partial charge in [0, 0.05) is 23.6 Å². The van der Waals surface area contributed by atoms with Gasteiger partial charge in [0.2, 0.25) is 0 Å². The van der Waals surface area contributed by atoms with Crippen molar-refractivity contribution in [1.29, 1.82) is 0 Å². The first-order valence-corrected chi connectivity index (χ1v) is 9.90. The van der Waals surface area contributed by atoms with E-state index in [0.717, 1.165) is 21.0 Å². The van der Waals surface area contributed by atoms with Crippen molar-refractivity contribution in [2.75, 3.05) is 14.2 Å².